The fourth-order valence-corrected chi connectivity index (χ4v) is 1.63. The zero-order valence-corrected chi connectivity index (χ0v) is 11.3. The molecule has 0 radical (unpaired) electrons. The Kier molecular flexibility index (Phi) is 4.37. The highest BCUT2D eigenvalue weighted by Crippen LogP contribution is 2.13. The summed E-state index contributed by atoms with van der Waals surface area (Å²) in [5.74, 6) is 5.16. The molecule has 0 saturated heterocycles. The predicted octanol–water partition coefficient (Wildman–Crippen LogP) is 2.96. The average molecular weight is 322 g/mol. The topological polar surface area (TPSA) is 42.2 Å². The molecule has 3 nitrogen and oxygen atoms in total. The number of hydrogen-bond acceptors (Lipinski definition) is 2. The first-order valence-corrected chi connectivity index (χ1v) is 6.22. The van der Waals surface area contributed by atoms with Crippen molar-refractivity contribution in [1.82, 2.24) is 5.32 Å². The molecule has 0 spiro atoms. The highest BCUT2D eigenvalue weighted by Gasteiger charge is 2.08. The second-order valence-corrected chi connectivity index (χ2v) is 4.38. The van der Waals surface area contributed by atoms with Crippen LogP contribution in [-0.2, 0) is 0 Å². The minimum Gasteiger partial charge on any atom is -0.444 e. The van der Waals surface area contributed by atoms with Gasteiger partial charge in [-0.2, -0.15) is 0 Å². The van der Waals surface area contributed by atoms with Crippen molar-refractivity contribution < 1.29 is 13.6 Å². The summed E-state index contributed by atoms with van der Waals surface area (Å²) in [4.78, 5) is 11.6. The van der Waals surface area contributed by atoms with E-state index >= 15 is 0 Å². The molecule has 0 aliphatic rings. The molecule has 2 aromatic rings. The second-order valence-electron chi connectivity index (χ2n) is 3.60. The lowest BCUT2D eigenvalue weighted by atomic mass is 10.2. The van der Waals surface area contributed by atoms with Gasteiger partial charge in [-0.3, -0.25) is 4.79 Å². The number of nitrogens with one attached hydrogen (secondary N) is 1. The van der Waals surface area contributed by atoms with E-state index in [1.165, 1.54) is 12.1 Å². The Balaban J connectivity index is 1.87. The Morgan fingerprint density at radius 2 is 2.00 bits per heavy atom. The first kappa shape index (κ1) is 13.4. The number of carbonyl (C=O) groups is 1. The SMILES string of the molecule is O=C(NCC#Cc1ccc(F)cc1)c1ccc(Br)o1. The normalized spacial score (nSPS) is 9.58. The minimum atomic E-state index is -0.334. The predicted molar refractivity (Wildman–Crippen MR) is 72.0 cm³/mol. The Hall–Kier alpha value is -2.06. The van der Waals surface area contributed by atoms with Crippen LogP contribution in [0.3, 0.4) is 0 Å². The van der Waals surface area contributed by atoms with Gasteiger partial charge in [0, 0.05) is 5.56 Å². The molecule has 0 unspecified atom stereocenters. The quantitative estimate of drug-likeness (QED) is 0.864. The van der Waals surface area contributed by atoms with Crippen molar-refractivity contribution in [2.45, 2.75) is 0 Å². The number of carbonyl (C=O) groups excluding carboxylic acids is 1. The third-order valence-electron chi connectivity index (χ3n) is 2.21. The molecule has 1 amide bonds. The molecule has 2 rings (SSSR count). The minimum absolute atomic E-state index is 0.189. The summed E-state index contributed by atoms with van der Waals surface area (Å²) >= 11 is 3.11. The van der Waals surface area contributed by atoms with Gasteiger partial charge in [-0.1, -0.05) is 11.8 Å². The standard InChI is InChI=1S/C14H9BrFNO2/c15-13-8-7-12(19-13)14(18)17-9-1-2-10-3-5-11(16)6-4-10/h3-8H,9H2,(H,17,18). The molecular weight excluding hydrogens is 313 g/mol. The Morgan fingerprint density at radius 3 is 2.63 bits per heavy atom. The fourth-order valence-electron chi connectivity index (χ4n) is 1.33. The molecule has 96 valence electrons. The van der Waals surface area contributed by atoms with Crippen LogP contribution in [0.5, 0.6) is 0 Å². The van der Waals surface area contributed by atoms with Crippen LogP contribution < -0.4 is 5.32 Å². The van der Waals surface area contributed by atoms with Gasteiger partial charge in [-0.25, -0.2) is 4.39 Å². The highest BCUT2D eigenvalue weighted by molar-refractivity contribution is 9.10. The van der Waals surface area contributed by atoms with Crippen LogP contribution in [0.15, 0.2) is 45.5 Å². The van der Waals surface area contributed by atoms with Gasteiger partial charge >= 0.3 is 0 Å². The molecule has 1 N–H and O–H groups in total. The molecule has 0 atom stereocenters. The molecule has 5 heteroatoms. The number of halogens is 2. The number of amides is 1. The summed E-state index contributed by atoms with van der Waals surface area (Å²) in [5.41, 5.74) is 0.691. The van der Waals surface area contributed by atoms with Gasteiger partial charge in [0.05, 0.1) is 6.54 Å². The van der Waals surface area contributed by atoms with E-state index in [1.807, 2.05) is 0 Å². The van der Waals surface area contributed by atoms with E-state index in [1.54, 1.807) is 24.3 Å². The van der Waals surface area contributed by atoms with E-state index in [2.05, 4.69) is 33.1 Å². The van der Waals surface area contributed by atoms with E-state index in [4.69, 9.17) is 4.42 Å². The van der Waals surface area contributed by atoms with E-state index in [9.17, 15) is 9.18 Å². The van der Waals surface area contributed by atoms with Crippen molar-refractivity contribution in [1.29, 1.82) is 0 Å². The highest BCUT2D eigenvalue weighted by atomic mass is 79.9. The van der Waals surface area contributed by atoms with Crippen molar-refractivity contribution in [3.05, 3.63) is 58.2 Å². The smallest absolute Gasteiger partial charge is 0.287 e. The maximum Gasteiger partial charge on any atom is 0.287 e. The molecule has 0 bridgehead atoms. The van der Waals surface area contributed by atoms with Crippen LogP contribution in [0, 0.1) is 17.7 Å². The summed E-state index contributed by atoms with van der Waals surface area (Å²) in [7, 11) is 0. The van der Waals surface area contributed by atoms with Crippen molar-refractivity contribution in [2.24, 2.45) is 0 Å². The molecule has 0 saturated carbocycles. The Labute approximate surface area is 117 Å². The van der Waals surface area contributed by atoms with Crippen LogP contribution in [0.2, 0.25) is 0 Å². The number of furan rings is 1. The van der Waals surface area contributed by atoms with E-state index in [0.717, 1.165) is 0 Å². The molecule has 1 aromatic heterocycles. The van der Waals surface area contributed by atoms with Crippen LogP contribution in [0.4, 0.5) is 4.39 Å². The number of hydrogen-bond donors (Lipinski definition) is 1. The van der Waals surface area contributed by atoms with Crippen molar-refractivity contribution in [3.8, 4) is 11.8 Å². The monoisotopic (exact) mass is 321 g/mol. The van der Waals surface area contributed by atoms with E-state index in [0.29, 0.717) is 10.2 Å². The molecular formula is C14H9BrFNO2. The average Bonchev–Trinajstić information content (AvgIpc) is 2.83. The molecule has 0 fully saturated rings. The van der Waals surface area contributed by atoms with E-state index < -0.39 is 0 Å². The fraction of sp³-hybridized carbons (Fsp3) is 0.0714. The number of rotatable bonds is 2. The van der Waals surface area contributed by atoms with Crippen LogP contribution in [0.1, 0.15) is 16.1 Å². The lowest BCUT2D eigenvalue weighted by Crippen LogP contribution is -2.22. The maximum atomic E-state index is 12.7. The zero-order chi connectivity index (χ0) is 13.7. The van der Waals surface area contributed by atoms with Gasteiger partial charge in [-0.05, 0) is 52.3 Å². The van der Waals surface area contributed by atoms with Gasteiger partial charge < -0.3 is 9.73 Å². The Bertz CT molecular complexity index is 637. The van der Waals surface area contributed by atoms with Crippen molar-refractivity contribution in [3.63, 3.8) is 0 Å². The van der Waals surface area contributed by atoms with Gasteiger partial charge in [0.15, 0.2) is 10.4 Å². The molecule has 0 aliphatic heterocycles. The van der Waals surface area contributed by atoms with E-state index in [-0.39, 0.29) is 24.0 Å². The van der Waals surface area contributed by atoms with Gasteiger partial charge in [0.25, 0.3) is 5.91 Å². The first-order valence-electron chi connectivity index (χ1n) is 5.43. The molecule has 1 aromatic carbocycles. The Morgan fingerprint density at radius 1 is 1.26 bits per heavy atom. The van der Waals surface area contributed by atoms with Crippen molar-refractivity contribution in [2.75, 3.05) is 6.54 Å². The largest absolute Gasteiger partial charge is 0.444 e. The lowest BCUT2D eigenvalue weighted by Gasteiger charge is -1.96. The second kappa shape index (κ2) is 6.21. The summed E-state index contributed by atoms with van der Waals surface area (Å²) in [6.45, 7) is 0.189. The third kappa shape index (κ3) is 3.97. The van der Waals surface area contributed by atoms with Crippen molar-refractivity contribution >= 4 is 21.8 Å². The summed E-state index contributed by atoms with van der Waals surface area (Å²) in [6, 6.07) is 9.03. The van der Waals surface area contributed by atoms with Crippen LogP contribution in [-0.4, -0.2) is 12.5 Å². The number of benzene rings is 1. The van der Waals surface area contributed by atoms with Gasteiger partial charge in [0.1, 0.15) is 5.82 Å². The van der Waals surface area contributed by atoms with Gasteiger partial charge in [0.2, 0.25) is 0 Å². The third-order valence-corrected chi connectivity index (χ3v) is 2.64. The maximum absolute atomic E-state index is 12.7. The van der Waals surface area contributed by atoms with Gasteiger partial charge in [-0.15, -0.1) is 0 Å². The van der Waals surface area contributed by atoms with Crippen LogP contribution >= 0.6 is 15.9 Å². The van der Waals surface area contributed by atoms with Crippen LogP contribution in [0.25, 0.3) is 0 Å². The summed E-state index contributed by atoms with van der Waals surface area (Å²) in [5, 5.41) is 2.59. The summed E-state index contributed by atoms with van der Waals surface area (Å²) < 4.78 is 18.2. The lowest BCUT2D eigenvalue weighted by molar-refractivity contribution is 0.0930. The molecule has 19 heavy (non-hydrogen) atoms. The first-order chi connectivity index (χ1) is 9.15. The zero-order valence-electron chi connectivity index (χ0n) is 9.74. The molecule has 0 aliphatic carbocycles. The summed E-state index contributed by atoms with van der Waals surface area (Å²) in [6.07, 6.45) is 0. The molecule has 1 heterocycles.